The number of amides is 1. The fourth-order valence-electron chi connectivity index (χ4n) is 3.41. The topological polar surface area (TPSA) is 58.6 Å². The Labute approximate surface area is 188 Å². The monoisotopic (exact) mass is 486 g/mol. The molecule has 1 fully saturated rings. The summed E-state index contributed by atoms with van der Waals surface area (Å²) in [5.41, 5.74) is 2.36. The highest BCUT2D eigenvalue weighted by Crippen LogP contribution is 2.25. The maximum absolute atomic E-state index is 12.9. The molecule has 1 amide bonds. The molecule has 0 atom stereocenters. The average Bonchev–Trinajstić information content (AvgIpc) is 2.80. The van der Waals surface area contributed by atoms with Gasteiger partial charge in [0.05, 0.1) is 23.4 Å². The van der Waals surface area contributed by atoms with Crippen LogP contribution in [0.3, 0.4) is 0 Å². The van der Waals surface area contributed by atoms with Crippen LogP contribution in [0.5, 0.6) is 5.75 Å². The molecule has 0 saturated carbocycles. The molecule has 0 unspecified atom stereocenters. The highest BCUT2D eigenvalue weighted by Gasteiger charge is 2.24. The Kier molecular flexibility index (Phi) is 6.20. The van der Waals surface area contributed by atoms with Gasteiger partial charge in [-0.15, -0.1) is 0 Å². The minimum Gasteiger partial charge on any atom is -0.497 e. The van der Waals surface area contributed by atoms with Gasteiger partial charge in [0, 0.05) is 42.3 Å². The Morgan fingerprint density at radius 1 is 1.03 bits per heavy atom. The summed E-state index contributed by atoms with van der Waals surface area (Å²) >= 11 is 9.63. The molecule has 2 heterocycles. The minimum atomic E-state index is -0.0532. The predicted molar refractivity (Wildman–Crippen MR) is 121 cm³/mol. The number of piperazine rings is 1. The lowest BCUT2D eigenvalue weighted by molar-refractivity contribution is 0.0746. The van der Waals surface area contributed by atoms with Crippen LogP contribution >= 0.6 is 27.5 Å². The summed E-state index contributed by atoms with van der Waals surface area (Å²) in [6.07, 6.45) is 1.58. The number of methoxy groups -OCH3 is 1. The number of aromatic nitrogens is 2. The molecule has 1 aliphatic heterocycles. The molecule has 30 heavy (non-hydrogen) atoms. The molecule has 0 spiro atoms. The van der Waals surface area contributed by atoms with Gasteiger partial charge in [0.1, 0.15) is 17.9 Å². The van der Waals surface area contributed by atoms with E-state index in [4.69, 9.17) is 16.3 Å². The van der Waals surface area contributed by atoms with Crippen molar-refractivity contribution in [3.8, 4) is 17.0 Å². The smallest absolute Gasteiger partial charge is 0.255 e. The number of benzene rings is 2. The largest absolute Gasteiger partial charge is 0.497 e. The van der Waals surface area contributed by atoms with Gasteiger partial charge < -0.3 is 14.5 Å². The van der Waals surface area contributed by atoms with Crippen LogP contribution in [-0.2, 0) is 0 Å². The lowest BCUT2D eigenvalue weighted by Crippen LogP contribution is -2.49. The Bertz CT molecular complexity index is 1050. The Morgan fingerprint density at radius 3 is 2.47 bits per heavy atom. The van der Waals surface area contributed by atoms with E-state index in [1.807, 2.05) is 41.3 Å². The fourth-order valence-corrected chi connectivity index (χ4v) is 3.97. The van der Waals surface area contributed by atoms with Crippen molar-refractivity contribution < 1.29 is 9.53 Å². The van der Waals surface area contributed by atoms with Crippen molar-refractivity contribution in [2.75, 3.05) is 38.2 Å². The average molecular weight is 488 g/mol. The van der Waals surface area contributed by atoms with Gasteiger partial charge in [-0.25, -0.2) is 9.97 Å². The van der Waals surface area contributed by atoms with Gasteiger partial charge in [-0.1, -0.05) is 27.5 Å². The van der Waals surface area contributed by atoms with Crippen LogP contribution in [0.2, 0.25) is 5.02 Å². The summed E-state index contributed by atoms with van der Waals surface area (Å²) in [5, 5.41) is 0.463. The second kappa shape index (κ2) is 9.02. The molecule has 2 aromatic carbocycles. The number of ether oxygens (including phenoxy) is 1. The lowest BCUT2D eigenvalue weighted by Gasteiger charge is -2.35. The first kappa shape index (κ1) is 20.6. The third kappa shape index (κ3) is 4.42. The molecule has 1 aliphatic rings. The first-order chi connectivity index (χ1) is 14.5. The Balaban J connectivity index is 1.45. The summed E-state index contributed by atoms with van der Waals surface area (Å²) in [4.78, 5) is 25.7. The van der Waals surface area contributed by atoms with Crippen LogP contribution in [0.4, 0.5) is 5.82 Å². The summed E-state index contributed by atoms with van der Waals surface area (Å²) in [5.74, 6) is 1.60. The summed E-state index contributed by atoms with van der Waals surface area (Å²) in [7, 11) is 1.65. The molecule has 1 aromatic heterocycles. The van der Waals surface area contributed by atoms with Gasteiger partial charge >= 0.3 is 0 Å². The number of anilines is 1. The van der Waals surface area contributed by atoms with Gasteiger partial charge in [-0.3, -0.25) is 4.79 Å². The normalized spacial score (nSPS) is 14.0. The number of nitrogens with zero attached hydrogens (tertiary/aromatic N) is 4. The Morgan fingerprint density at radius 2 is 1.77 bits per heavy atom. The summed E-state index contributed by atoms with van der Waals surface area (Å²) in [6.45, 7) is 2.58. The number of carbonyl (C=O) groups is 1. The molecule has 3 aromatic rings. The molecular weight excluding hydrogens is 468 g/mol. The fraction of sp³-hybridized carbons (Fsp3) is 0.227. The van der Waals surface area contributed by atoms with Crippen LogP contribution in [0, 0.1) is 0 Å². The highest BCUT2D eigenvalue weighted by molar-refractivity contribution is 9.10. The molecule has 0 radical (unpaired) electrons. The zero-order valence-electron chi connectivity index (χ0n) is 16.4. The second-order valence-electron chi connectivity index (χ2n) is 6.89. The van der Waals surface area contributed by atoms with Crippen molar-refractivity contribution in [1.82, 2.24) is 14.9 Å². The van der Waals surface area contributed by atoms with E-state index >= 15 is 0 Å². The first-order valence-electron chi connectivity index (χ1n) is 9.51. The highest BCUT2D eigenvalue weighted by atomic mass is 79.9. The maximum atomic E-state index is 12.9. The number of carbonyl (C=O) groups excluding carboxylic acids is 1. The van der Waals surface area contributed by atoms with E-state index in [9.17, 15) is 4.79 Å². The Hall–Kier alpha value is -2.64. The summed E-state index contributed by atoms with van der Waals surface area (Å²) in [6, 6.07) is 15.1. The quantitative estimate of drug-likeness (QED) is 0.541. The van der Waals surface area contributed by atoms with Crippen molar-refractivity contribution in [2.45, 2.75) is 0 Å². The van der Waals surface area contributed by atoms with Crippen LogP contribution in [0.25, 0.3) is 11.3 Å². The molecule has 6 nitrogen and oxygen atoms in total. The van der Waals surface area contributed by atoms with Gasteiger partial charge in [0.15, 0.2) is 0 Å². The van der Waals surface area contributed by atoms with Gasteiger partial charge in [0.2, 0.25) is 0 Å². The van der Waals surface area contributed by atoms with Crippen molar-refractivity contribution >= 4 is 39.3 Å². The number of rotatable bonds is 4. The van der Waals surface area contributed by atoms with Crippen molar-refractivity contribution in [1.29, 1.82) is 0 Å². The van der Waals surface area contributed by atoms with E-state index in [2.05, 4.69) is 30.8 Å². The van der Waals surface area contributed by atoms with Gasteiger partial charge in [-0.05, 0) is 42.5 Å². The van der Waals surface area contributed by atoms with Gasteiger partial charge in [0.25, 0.3) is 5.91 Å². The molecule has 8 heteroatoms. The van der Waals surface area contributed by atoms with Crippen LogP contribution in [0.1, 0.15) is 10.4 Å². The van der Waals surface area contributed by atoms with E-state index in [1.54, 1.807) is 25.6 Å². The maximum Gasteiger partial charge on any atom is 0.255 e. The molecular formula is C22H20BrClN4O2. The standard InChI is InChI=1S/C22H20BrClN4O2/c1-30-17-5-2-15(3-6-17)20-13-21(26-14-25-20)27-8-10-28(11-9-27)22(29)18-12-16(23)4-7-19(18)24/h2-7,12-14H,8-11H2,1H3. The van der Waals surface area contributed by atoms with Crippen molar-refractivity contribution in [2.24, 2.45) is 0 Å². The molecule has 1 saturated heterocycles. The number of hydrogen-bond acceptors (Lipinski definition) is 5. The van der Waals surface area contributed by atoms with E-state index in [1.165, 1.54) is 0 Å². The lowest BCUT2D eigenvalue weighted by atomic mass is 10.1. The van der Waals surface area contributed by atoms with Crippen molar-refractivity contribution in [3.05, 3.63) is 69.9 Å². The SMILES string of the molecule is COc1ccc(-c2cc(N3CCN(C(=O)c4cc(Br)ccc4Cl)CC3)ncn2)cc1. The number of halogens is 2. The van der Waals surface area contributed by atoms with E-state index in [0.29, 0.717) is 36.8 Å². The molecule has 0 aliphatic carbocycles. The molecule has 4 rings (SSSR count). The van der Waals surface area contributed by atoms with Crippen molar-refractivity contribution in [3.63, 3.8) is 0 Å². The number of hydrogen-bond donors (Lipinski definition) is 0. The molecule has 154 valence electrons. The zero-order valence-corrected chi connectivity index (χ0v) is 18.7. The van der Waals surface area contributed by atoms with E-state index in [-0.39, 0.29) is 5.91 Å². The van der Waals surface area contributed by atoms with Crippen LogP contribution < -0.4 is 9.64 Å². The second-order valence-corrected chi connectivity index (χ2v) is 8.22. The minimum absolute atomic E-state index is 0.0532. The zero-order chi connectivity index (χ0) is 21.1. The third-order valence-corrected chi connectivity index (χ3v) is 5.91. The van der Waals surface area contributed by atoms with Crippen LogP contribution in [0.15, 0.2) is 59.3 Å². The summed E-state index contributed by atoms with van der Waals surface area (Å²) < 4.78 is 6.05. The van der Waals surface area contributed by atoms with E-state index < -0.39 is 0 Å². The van der Waals surface area contributed by atoms with Gasteiger partial charge in [-0.2, -0.15) is 0 Å². The van der Waals surface area contributed by atoms with Crippen LogP contribution in [-0.4, -0.2) is 54.1 Å². The van der Waals surface area contributed by atoms with E-state index in [0.717, 1.165) is 27.3 Å². The first-order valence-corrected chi connectivity index (χ1v) is 10.7. The molecule has 0 N–H and O–H groups in total. The third-order valence-electron chi connectivity index (χ3n) is 5.09. The predicted octanol–water partition coefficient (Wildman–Crippen LogP) is 4.53. The molecule has 0 bridgehead atoms.